The lowest BCUT2D eigenvalue weighted by Crippen LogP contribution is -2.18. The highest BCUT2D eigenvalue weighted by Gasteiger charge is 2.17. The number of aromatic nitrogens is 3. The predicted molar refractivity (Wildman–Crippen MR) is 92.1 cm³/mol. The minimum atomic E-state index is -0.365. The number of rotatable bonds is 5. The van der Waals surface area contributed by atoms with Crippen molar-refractivity contribution >= 4 is 24.1 Å². The molecule has 7 nitrogen and oxygen atoms in total. The van der Waals surface area contributed by atoms with Crippen LogP contribution in [-0.2, 0) is 6.54 Å². The number of benzene rings is 1. The number of oxazole rings is 1. The zero-order valence-corrected chi connectivity index (χ0v) is 13.9. The van der Waals surface area contributed by atoms with Crippen molar-refractivity contribution in [2.24, 2.45) is 5.73 Å². The number of nitrogens with one attached hydrogen (secondary N) is 1. The van der Waals surface area contributed by atoms with Crippen LogP contribution in [0.2, 0.25) is 0 Å². The Morgan fingerprint density at radius 3 is 2.75 bits per heavy atom. The van der Waals surface area contributed by atoms with Crippen LogP contribution in [0.5, 0.6) is 0 Å². The van der Waals surface area contributed by atoms with Gasteiger partial charge in [0, 0.05) is 6.07 Å². The molecule has 3 rings (SSSR count). The van der Waals surface area contributed by atoms with Gasteiger partial charge in [-0.1, -0.05) is 30.3 Å². The fourth-order valence-corrected chi connectivity index (χ4v) is 2.28. The minimum Gasteiger partial charge on any atom is -0.447 e. The molecular formula is C16H18ClN5O2. The Labute approximate surface area is 145 Å². The normalized spacial score (nSPS) is 11.6. The predicted octanol–water partition coefficient (Wildman–Crippen LogP) is 2.61. The molecular weight excluding hydrogens is 330 g/mol. The van der Waals surface area contributed by atoms with Crippen molar-refractivity contribution in [2.75, 3.05) is 5.32 Å². The molecule has 2 aromatic heterocycles. The van der Waals surface area contributed by atoms with E-state index in [1.807, 2.05) is 37.3 Å². The number of nitrogens with two attached hydrogens (primary N) is 1. The highest BCUT2D eigenvalue weighted by Crippen LogP contribution is 2.21. The van der Waals surface area contributed by atoms with E-state index in [1.165, 1.54) is 6.26 Å². The van der Waals surface area contributed by atoms with Crippen molar-refractivity contribution in [1.82, 2.24) is 14.8 Å². The molecule has 1 unspecified atom stereocenters. The molecule has 0 saturated carbocycles. The Balaban J connectivity index is 0.00000208. The summed E-state index contributed by atoms with van der Waals surface area (Å²) in [6.45, 7) is 2.16. The van der Waals surface area contributed by atoms with Crippen LogP contribution in [-0.4, -0.2) is 20.7 Å². The summed E-state index contributed by atoms with van der Waals surface area (Å²) in [7, 11) is 0. The molecule has 3 aromatic rings. The molecule has 0 aliphatic heterocycles. The first kappa shape index (κ1) is 17.7. The van der Waals surface area contributed by atoms with Crippen molar-refractivity contribution < 1.29 is 9.21 Å². The maximum absolute atomic E-state index is 12.2. The van der Waals surface area contributed by atoms with Crippen molar-refractivity contribution in [3.8, 4) is 0 Å². The summed E-state index contributed by atoms with van der Waals surface area (Å²) in [6, 6.07) is 11.7. The van der Waals surface area contributed by atoms with Gasteiger partial charge in [0.15, 0.2) is 5.69 Å². The summed E-state index contributed by atoms with van der Waals surface area (Å²) < 4.78 is 6.83. The molecule has 8 heteroatoms. The Morgan fingerprint density at radius 2 is 2.08 bits per heavy atom. The molecule has 2 heterocycles. The van der Waals surface area contributed by atoms with Gasteiger partial charge < -0.3 is 15.5 Å². The van der Waals surface area contributed by atoms with Gasteiger partial charge >= 0.3 is 0 Å². The van der Waals surface area contributed by atoms with Gasteiger partial charge in [0.1, 0.15) is 12.1 Å². The first-order valence-electron chi connectivity index (χ1n) is 7.23. The molecule has 1 aromatic carbocycles. The molecule has 1 amide bonds. The second-order valence-corrected chi connectivity index (χ2v) is 5.03. The van der Waals surface area contributed by atoms with Crippen LogP contribution in [0.4, 0.5) is 5.82 Å². The molecule has 24 heavy (non-hydrogen) atoms. The van der Waals surface area contributed by atoms with Gasteiger partial charge in [-0.2, -0.15) is 5.10 Å². The first-order chi connectivity index (χ1) is 11.2. The summed E-state index contributed by atoms with van der Waals surface area (Å²) in [6.07, 6.45) is 2.93. The molecule has 0 aliphatic carbocycles. The molecule has 0 bridgehead atoms. The number of amides is 1. The van der Waals surface area contributed by atoms with Gasteiger partial charge in [0.05, 0.1) is 18.8 Å². The fourth-order valence-electron chi connectivity index (χ4n) is 2.28. The van der Waals surface area contributed by atoms with Crippen LogP contribution in [0, 0.1) is 0 Å². The SMILES string of the molecule is CC(c1ccccc1)n1nccc1NC(=O)c1coc(CN)n1.Cl. The highest BCUT2D eigenvalue weighted by atomic mass is 35.5. The highest BCUT2D eigenvalue weighted by molar-refractivity contribution is 6.02. The average Bonchev–Trinajstić information content (AvgIpc) is 3.24. The standard InChI is InChI=1S/C16H17N5O2.ClH/c1-11(12-5-3-2-4-6-12)21-14(7-8-18-21)20-16(22)13-10-23-15(9-17)19-13;/h2-8,10-11H,9,17H2,1H3,(H,20,22);1H. The second-order valence-electron chi connectivity index (χ2n) is 5.03. The summed E-state index contributed by atoms with van der Waals surface area (Å²) >= 11 is 0. The molecule has 0 radical (unpaired) electrons. The molecule has 0 aliphatic rings. The van der Waals surface area contributed by atoms with Gasteiger partial charge in [-0.15, -0.1) is 12.4 Å². The largest absolute Gasteiger partial charge is 0.447 e. The Hall–Kier alpha value is -2.64. The summed E-state index contributed by atoms with van der Waals surface area (Å²) in [4.78, 5) is 16.2. The van der Waals surface area contributed by atoms with E-state index in [0.29, 0.717) is 11.7 Å². The molecule has 126 valence electrons. The lowest BCUT2D eigenvalue weighted by molar-refractivity contribution is 0.102. The number of carbonyl (C=O) groups excluding carboxylic acids is 1. The van der Waals surface area contributed by atoms with Crippen molar-refractivity contribution in [2.45, 2.75) is 19.5 Å². The van der Waals surface area contributed by atoms with Gasteiger partial charge in [0.25, 0.3) is 5.91 Å². The van der Waals surface area contributed by atoms with Gasteiger partial charge in [-0.25, -0.2) is 9.67 Å². The zero-order valence-electron chi connectivity index (χ0n) is 13.0. The third kappa shape index (κ3) is 3.64. The number of hydrogen-bond acceptors (Lipinski definition) is 5. The fraction of sp³-hybridized carbons (Fsp3) is 0.188. The quantitative estimate of drug-likeness (QED) is 0.739. The van der Waals surface area contributed by atoms with E-state index in [-0.39, 0.29) is 36.6 Å². The van der Waals surface area contributed by atoms with Crippen molar-refractivity contribution in [3.63, 3.8) is 0 Å². The van der Waals surface area contributed by atoms with Crippen LogP contribution >= 0.6 is 12.4 Å². The lowest BCUT2D eigenvalue weighted by Gasteiger charge is -2.16. The monoisotopic (exact) mass is 347 g/mol. The minimum absolute atomic E-state index is 0. The second kappa shape index (κ2) is 7.76. The number of halogens is 1. The maximum atomic E-state index is 12.2. The summed E-state index contributed by atoms with van der Waals surface area (Å²) in [5, 5.41) is 7.09. The van der Waals surface area contributed by atoms with E-state index in [1.54, 1.807) is 16.9 Å². The van der Waals surface area contributed by atoms with Crippen LogP contribution in [0.25, 0.3) is 0 Å². The van der Waals surface area contributed by atoms with Crippen molar-refractivity contribution in [1.29, 1.82) is 0 Å². The Kier molecular flexibility index (Phi) is 5.73. The first-order valence-corrected chi connectivity index (χ1v) is 7.23. The topological polar surface area (TPSA) is 99.0 Å². The van der Waals surface area contributed by atoms with Crippen molar-refractivity contribution in [3.05, 3.63) is 66.0 Å². The van der Waals surface area contributed by atoms with E-state index in [2.05, 4.69) is 15.4 Å². The summed E-state index contributed by atoms with van der Waals surface area (Å²) in [5.41, 5.74) is 6.71. The molecule has 1 atom stereocenters. The molecule has 0 spiro atoms. The maximum Gasteiger partial charge on any atom is 0.278 e. The van der Waals surface area contributed by atoms with E-state index < -0.39 is 0 Å². The molecule has 0 fully saturated rings. The Bertz CT molecular complexity index is 800. The van der Waals surface area contributed by atoms with Crippen LogP contribution in [0.3, 0.4) is 0 Å². The van der Waals surface area contributed by atoms with E-state index in [9.17, 15) is 4.79 Å². The van der Waals surface area contributed by atoms with E-state index in [4.69, 9.17) is 10.2 Å². The zero-order chi connectivity index (χ0) is 16.2. The number of hydrogen-bond donors (Lipinski definition) is 2. The third-order valence-electron chi connectivity index (χ3n) is 3.52. The van der Waals surface area contributed by atoms with E-state index >= 15 is 0 Å². The molecule has 0 saturated heterocycles. The summed E-state index contributed by atoms with van der Waals surface area (Å²) in [5.74, 6) is 0.542. The molecule has 3 N–H and O–H groups in total. The smallest absolute Gasteiger partial charge is 0.278 e. The van der Waals surface area contributed by atoms with Crippen LogP contribution in [0.1, 0.15) is 34.9 Å². The van der Waals surface area contributed by atoms with Gasteiger partial charge in [-0.3, -0.25) is 4.79 Å². The van der Waals surface area contributed by atoms with Crippen LogP contribution < -0.4 is 11.1 Å². The van der Waals surface area contributed by atoms with E-state index in [0.717, 1.165) is 5.56 Å². The van der Waals surface area contributed by atoms with Gasteiger partial charge in [0.2, 0.25) is 5.89 Å². The lowest BCUT2D eigenvalue weighted by atomic mass is 10.1. The Morgan fingerprint density at radius 1 is 1.33 bits per heavy atom. The number of carbonyl (C=O) groups is 1. The number of anilines is 1. The number of nitrogens with zero attached hydrogens (tertiary/aromatic N) is 3. The third-order valence-corrected chi connectivity index (χ3v) is 3.52. The van der Waals surface area contributed by atoms with Crippen LogP contribution in [0.15, 0.2) is 53.3 Å². The van der Waals surface area contributed by atoms with Gasteiger partial charge in [-0.05, 0) is 12.5 Å². The average molecular weight is 348 g/mol.